The number of rotatable bonds is 2. The van der Waals surface area contributed by atoms with Crippen LogP contribution >= 0.6 is 0 Å². The summed E-state index contributed by atoms with van der Waals surface area (Å²) in [5.74, 6) is -1.48. The minimum atomic E-state index is -4.38. The average molecular weight is 414 g/mol. The molecule has 5 rings (SSSR count). The molecule has 156 valence electrons. The Labute approximate surface area is 172 Å². The fourth-order valence-corrected chi connectivity index (χ4v) is 5.66. The third-order valence-electron chi connectivity index (χ3n) is 6.93. The zero-order chi connectivity index (χ0) is 21.4. The van der Waals surface area contributed by atoms with Gasteiger partial charge in [0.2, 0.25) is 0 Å². The standard InChI is InChI=1S/C24H21F3O3/c1-11-9-14(13-3-5-15(6-4-13)24(25,26)27)10-12(2)18(11)21-22(28)19-16-7-8-17(30-16)20(19)23(21)29/h3-6,9-10,16-17,19-21H,7-8H2,1-2H3/t16?,17?,19-,20+,21?. The van der Waals surface area contributed by atoms with E-state index in [2.05, 4.69) is 0 Å². The number of Topliss-reactive ketones (excluding diaryl/α,β-unsaturated/α-hetero) is 2. The Kier molecular flexibility index (Phi) is 4.23. The summed E-state index contributed by atoms with van der Waals surface area (Å²) in [5, 5.41) is 0. The maximum absolute atomic E-state index is 13.2. The smallest absolute Gasteiger partial charge is 0.373 e. The van der Waals surface area contributed by atoms with Crippen LogP contribution in [-0.2, 0) is 20.5 Å². The lowest BCUT2D eigenvalue weighted by molar-refractivity contribution is -0.137. The molecule has 3 unspecified atom stereocenters. The van der Waals surface area contributed by atoms with Crippen molar-refractivity contribution in [3.8, 4) is 11.1 Å². The molecule has 6 heteroatoms. The van der Waals surface area contributed by atoms with Crippen molar-refractivity contribution in [2.75, 3.05) is 0 Å². The van der Waals surface area contributed by atoms with E-state index in [0.717, 1.165) is 47.2 Å². The maximum Gasteiger partial charge on any atom is 0.416 e. The molecule has 0 spiro atoms. The van der Waals surface area contributed by atoms with Crippen molar-refractivity contribution >= 4 is 11.6 Å². The summed E-state index contributed by atoms with van der Waals surface area (Å²) >= 11 is 0. The van der Waals surface area contributed by atoms with Gasteiger partial charge < -0.3 is 4.74 Å². The molecule has 0 radical (unpaired) electrons. The molecule has 3 fully saturated rings. The van der Waals surface area contributed by atoms with E-state index in [0.29, 0.717) is 5.56 Å². The minimum Gasteiger partial charge on any atom is -0.373 e. The molecule has 1 saturated carbocycles. The van der Waals surface area contributed by atoms with E-state index in [9.17, 15) is 22.8 Å². The number of ketones is 2. The Morgan fingerprint density at radius 3 is 1.80 bits per heavy atom. The van der Waals surface area contributed by atoms with Gasteiger partial charge in [0.1, 0.15) is 5.92 Å². The average Bonchev–Trinajstić information content (AvgIpc) is 3.36. The van der Waals surface area contributed by atoms with Crippen LogP contribution < -0.4 is 0 Å². The highest BCUT2D eigenvalue weighted by molar-refractivity contribution is 6.17. The molecule has 2 saturated heterocycles. The minimum absolute atomic E-state index is 0.0364. The summed E-state index contributed by atoms with van der Waals surface area (Å²) < 4.78 is 44.3. The van der Waals surface area contributed by atoms with Gasteiger partial charge >= 0.3 is 6.18 Å². The highest BCUT2D eigenvalue weighted by Gasteiger charge is 2.63. The third-order valence-corrected chi connectivity index (χ3v) is 6.93. The number of hydrogen-bond donors (Lipinski definition) is 0. The van der Waals surface area contributed by atoms with Gasteiger partial charge in [-0.3, -0.25) is 9.59 Å². The molecule has 0 N–H and O–H groups in total. The van der Waals surface area contributed by atoms with Crippen LogP contribution in [0.1, 0.15) is 41.0 Å². The van der Waals surface area contributed by atoms with Crippen LogP contribution in [0.2, 0.25) is 0 Å². The molecular weight excluding hydrogens is 393 g/mol. The van der Waals surface area contributed by atoms with E-state index in [-0.39, 0.29) is 35.6 Å². The van der Waals surface area contributed by atoms with Crippen LogP contribution in [0.5, 0.6) is 0 Å². The fraction of sp³-hybridized carbons (Fsp3) is 0.417. The second-order valence-electron chi connectivity index (χ2n) is 8.68. The van der Waals surface area contributed by atoms with Gasteiger partial charge in [-0.1, -0.05) is 24.3 Å². The van der Waals surface area contributed by atoms with Crippen molar-refractivity contribution < 1.29 is 27.5 Å². The number of ether oxygens (including phenoxy) is 1. The summed E-state index contributed by atoms with van der Waals surface area (Å²) in [7, 11) is 0. The molecule has 2 bridgehead atoms. The third kappa shape index (κ3) is 2.77. The summed E-state index contributed by atoms with van der Waals surface area (Å²) in [6.45, 7) is 3.71. The number of benzene rings is 2. The molecule has 1 aliphatic carbocycles. The maximum atomic E-state index is 13.2. The first-order valence-electron chi connectivity index (χ1n) is 10.2. The van der Waals surface area contributed by atoms with Crippen LogP contribution in [0.3, 0.4) is 0 Å². The SMILES string of the molecule is Cc1cc(-c2ccc(C(F)(F)F)cc2)cc(C)c1C1C(=O)[C@@H]2C3CCC(O3)[C@@H]2C1=O. The molecule has 0 amide bonds. The largest absolute Gasteiger partial charge is 0.416 e. The highest BCUT2D eigenvalue weighted by Crippen LogP contribution is 2.53. The number of alkyl halides is 3. The van der Waals surface area contributed by atoms with Crippen molar-refractivity contribution in [1.82, 2.24) is 0 Å². The van der Waals surface area contributed by atoms with E-state index < -0.39 is 17.7 Å². The number of carbonyl (C=O) groups is 2. The summed E-state index contributed by atoms with van der Waals surface area (Å²) in [5.41, 5.74) is 3.10. The molecule has 2 aromatic carbocycles. The molecule has 2 aliphatic heterocycles. The van der Waals surface area contributed by atoms with E-state index in [1.54, 1.807) is 0 Å². The summed E-state index contributed by atoms with van der Waals surface area (Å²) in [6.07, 6.45) is -2.97. The number of hydrogen-bond acceptors (Lipinski definition) is 3. The summed E-state index contributed by atoms with van der Waals surface area (Å²) in [4.78, 5) is 26.3. The van der Waals surface area contributed by atoms with E-state index in [4.69, 9.17) is 4.74 Å². The second kappa shape index (κ2) is 6.51. The molecule has 3 nitrogen and oxygen atoms in total. The lowest BCUT2D eigenvalue weighted by Gasteiger charge is -2.19. The van der Waals surface area contributed by atoms with Gasteiger partial charge in [-0.25, -0.2) is 0 Å². The quantitative estimate of drug-likeness (QED) is 0.649. The predicted octanol–water partition coefficient (Wildman–Crippen LogP) is 5.02. The van der Waals surface area contributed by atoms with E-state index >= 15 is 0 Å². The number of carbonyl (C=O) groups excluding carboxylic acids is 2. The Hall–Kier alpha value is -2.47. The molecule has 3 aliphatic rings. The van der Waals surface area contributed by atoms with Crippen molar-refractivity contribution in [2.45, 2.75) is 51.0 Å². The van der Waals surface area contributed by atoms with Gasteiger partial charge in [-0.2, -0.15) is 13.2 Å². The molecule has 30 heavy (non-hydrogen) atoms. The van der Waals surface area contributed by atoms with Crippen molar-refractivity contribution in [1.29, 1.82) is 0 Å². The van der Waals surface area contributed by atoms with Gasteiger partial charge in [0, 0.05) is 0 Å². The first-order valence-corrected chi connectivity index (χ1v) is 10.2. The van der Waals surface area contributed by atoms with Crippen molar-refractivity contribution in [3.63, 3.8) is 0 Å². The Bertz CT molecular complexity index is 1000. The Balaban J connectivity index is 1.50. The van der Waals surface area contributed by atoms with Crippen LogP contribution in [0.25, 0.3) is 11.1 Å². The number of halogens is 3. The lowest BCUT2D eigenvalue weighted by atomic mass is 9.81. The first kappa shape index (κ1) is 19.5. The normalized spacial score (nSPS) is 30.2. The molecule has 2 heterocycles. The highest BCUT2D eigenvalue weighted by atomic mass is 19.4. The van der Waals surface area contributed by atoms with E-state index in [1.807, 2.05) is 26.0 Å². The van der Waals surface area contributed by atoms with Gasteiger partial charge in [0.25, 0.3) is 0 Å². The number of aryl methyl sites for hydroxylation is 2. The summed E-state index contributed by atoms with van der Waals surface area (Å²) in [6, 6.07) is 8.73. The Morgan fingerprint density at radius 1 is 0.833 bits per heavy atom. The molecule has 0 aromatic heterocycles. The van der Waals surface area contributed by atoms with Crippen LogP contribution in [0.4, 0.5) is 13.2 Å². The van der Waals surface area contributed by atoms with Crippen LogP contribution in [0, 0.1) is 25.7 Å². The second-order valence-corrected chi connectivity index (χ2v) is 8.68. The van der Waals surface area contributed by atoms with E-state index in [1.165, 1.54) is 12.1 Å². The van der Waals surface area contributed by atoms with Crippen molar-refractivity contribution in [2.24, 2.45) is 11.8 Å². The number of fused-ring (bicyclic) bond motifs is 5. The fourth-order valence-electron chi connectivity index (χ4n) is 5.66. The Morgan fingerprint density at radius 2 is 1.33 bits per heavy atom. The predicted molar refractivity (Wildman–Crippen MR) is 104 cm³/mol. The zero-order valence-electron chi connectivity index (χ0n) is 16.6. The van der Waals surface area contributed by atoms with Gasteiger partial charge in [0.05, 0.1) is 29.6 Å². The monoisotopic (exact) mass is 414 g/mol. The first-order chi connectivity index (χ1) is 14.2. The van der Waals surface area contributed by atoms with Crippen LogP contribution in [-0.4, -0.2) is 23.8 Å². The zero-order valence-corrected chi connectivity index (χ0v) is 16.6. The molecule has 2 aromatic rings. The lowest BCUT2D eigenvalue weighted by Crippen LogP contribution is -2.29. The molecule has 5 atom stereocenters. The van der Waals surface area contributed by atoms with Crippen molar-refractivity contribution in [3.05, 3.63) is 58.7 Å². The topological polar surface area (TPSA) is 43.4 Å². The van der Waals surface area contributed by atoms with Gasteiger partial charge in [0.15, 0.2) is 11.6 Å². The van der Waals surface area contributed by atoms with Gasteiger partial charge in [-0.15, -0.1) is 0 Å². The van der Waals surface area contributed by atoms with Gasteiger partial charge in [-0.05, 0) is 66.6 Å². The molecular formula is C24H21F3O3. The van der Waals surface area contributed by atoms with Crippen LogP contribution in [0.15, 0.2) is 36.4 Å².